The van der Waals surface area contributed by atoms with Crippen molar-refractivity contribution in [3.8, 4) is 22.5 Å². The van der Waals surface area contributed by atoms with Gasteiger partial charge in [0.1, 0.15) is 0 Å². The predicted molar refractivity (Wildman–Crippen MR) is 251 cm³/mol. The summed E-state index contributed by atoms with van der Waals surface area (Å²) in [4.78, 5) is 0. The highest BCUT2D eigenvalue weighted by molar-refractivity contribution is 6.11. The van der Waals surface area contributed by atoms with E-state index in [-0.39, 0.29) is 5.41 Å². The van der Waals surface area contributed by atoms with Gasteiger partial charge in [0.15, 0.2) is 0 Å². The van der Waals surface area contributed by atoms with Gasteiger partial charge in [-0.1, -0.05) is 158 Å². The number of para-hydroxylation sites is 4. The first-order chi connectivity index (χ1) is 29.2. The average molecular weight is 755 g/mol. The van der Waals surface area contributed by atoms with E-state index in [1.54, 1.807) is 0 Å². The van der Waals surface area contributed by atoms with Crippen LogP contribution in [0, 0.1) is 0 Å². The highest BCUT2D eigenvalue weighted by atomic mass is 15.0. The molecule has 2 heteroatoms. The molecule has 12 rings (SSSR count). The molecule has 0 amide bonds. The van der Waals surface area contributed by atoms with Crippen molar-refractivity contribution >= 4 is 67.9 Å². The summed E-state index contributed by atoms with van der Waals surface area (Å²) in [7, 11) is 0. The Morgan fingerprint density at radius 2 is 0.712 bits per heavy atom. The Balaban J connectivity index is 0.863. The highest BCUT2D eigenvalue weighted by Gasteiger charge is 2.45. The smallest absolute Gasteiger partial charge is 0.0541 e. The van der Waals surface area contributed by atoms with Gasteiger partial charge in [-0.3, -0.25) is 0 Å². The summed E-state index contributed by atoms with van der Waals surface area (Å²) in [5.74, 6) is 0. The fraction of sp³-hybridized carbons (Fsp3) is 0.0877. The molecule has 8 aromatic carbocycles. The monoisotopic (exact) mass is 754 g/mol. The molecule has 1 fully saturated rings. The number of hydrogen-bond donors (Lipinski definition) is 0. The molecular formula is C57H42N2. The molecule has 10 aromatic rings. The SMILES string of the molecule is C(=Cc1ccc2c(c1)c1ccccc1n2-c1ccccc1)c1ccc2c(c1)C1(CCCC1)c1cc(C=Cc3ccc4c(c3)c3ccccc3n4-c3ccccc3)ccc1-2. The number of nitrogens with zero attached hydrogens (tertiary/aromatic N) is 2. The Kier molecular flexibility index (Phi) is 7.74. The van der Waals surface area contributed by atoms with Crippen molar-refractivity contribution < 1.29 is 0 Å². The largest absolute Gasteiger partial charge is 0.309 e. The highest BCUT2D eigenvalue weighted by Crippen LogP contribution is 2.57. The summed E-state index contributed by atoms with van der Waals surface area (Å²) in [5.41, 5.74) is 18.2. The van der Waals surface area contributed by atoms with Crippen LogP contribution in [0.15, 0.2) is 182 Å². The van der Waals surface area contributed by atoms with Crippen LogP contribution in [0.1, 0.15) is 59.1 Å². The maximum Gasteiger partial charge on any atom is 0.0541 e. The Morgan fingerprint density at radius 3 is 1.17 bits per heavy atom. The van der Waals surface area contributed by atoms with Gasteiger partial charge >= 0.3 is 0 Å². The van der Waals surface area contributed by atoms with E-state index in [1.165, 1.54) is 125 Å². The zero-order valence-electron chi connectivity index (χ0n) is 32.9. The lowest BCUT2D eigenvalue weighted by Gasteiger charge is -2.27. The molecule has 2 heterocycles. The number of fused-ring (bicyclic) bond motifs is 11. The van der Waals surface area contributed by atoms with Crippen LogP contribution >= 0.6 is 0 Å². The molecule has 0 radical (unpaired) electrons. The predicted octanol–water partition coefficient (Wildman–Crippen LogP) is 15.1. The molecule has 2 aromatic heterocycles. The first kappa shape index (κ1) is 33.9. The zero-order chi connectivity index (χ0) is 38.9. The topological polar surface area (TPSA) is 9.86 Å². The Labute approximate surface area is 344 Å². The number of rotatable bonds is 6. The lowest BCUT2D eigenvalue weighted by Crippen LogP contribution is -2.20. The third-order valence-corrected chi connectivity index (χ3v) is 13.2. The van der Waals surface area contributed by atoms with E-state index in [9.17, 15) is 0 Å². The Bertz CT molecular complexity index is 3090. The molecule has 0 atom stereocenters. The Hall–Kier alpha value is -7.16. The molecule has 59 heavy (non-hydrogen) atoms. The van der Waals surface area contributed by atoms with Crippen molar-refractivity contribution in [3.63, 3.8) is 0 Å². The van der Waals surface area contributed by atoms with Gasteiger partial charge in [-0.2, -0.15) is 0 Å². The maximum atomic E-state index is 2.49. The van der Waals surface area contributed by atoms with Gasteiger partial charge in [0.05, 0.1) is 22.1 Å². The van der Waals surface area contributed by atoms with Crippen LogP contribution in [0.5, 0.6) is 0 Å². The van der Waals surface area contributed by atoms with Crippen LogP contribution in [0.25, 0.3) is 90.4 Å². The lowest BCUT2D eigenvalue weighted by molar-refractivity contribution is 0.550. The Morgan fingerprint density at radius 1 is 0.339 bits per heavy atom. The minimum absolute atomic E-state index is 0.0781. The molecule has 0 bridgehead atoms. The molecule has 0 N–H and O–H groups in total. The molecular weight excluding hydrogens is 713 g/mol. The van der Waals surface area contributed by atoms with Crippen molar-refractivity contribution in [2.45, 2.75) is 31.1 Å². The summed E-state index contributed by atoms with van der Waals surface area (Å²) < 4.78 is 4.76. The second kappa shape index (κ2) is 13.5. The van der Waals surface area contributed by atoms with Crippen molar-refractivity contribution in [1.29, 1.82) is 0 Å². The minimum Gasteiger partial charge on any atom is -0.309 e. The first-order valence-electron chi connectivity index (χ1n) is 21.0. The zero-order valence-corrected chi connectivity index (χ0v) is 32.9. The van der Waals surface area contributed by atoms with Crippen LogP contribution in [0.4, 0.5) is 0 Å². The minimum atomic E-state index is 0.0781. The van der Waals surface area contributed by atoms with Crippen molar-refractivity contribution in [1.82, 2.24) is 9.13 Å². The standard InChI is InChI=1S/C57H42N2/c1-3-13-43(14-4-1)58-53-19-9-7-17-47(53)49-35-39(27-31-55(49)58)21-23-41-25-29-45-46-30-26-42(38-52(46)57(51(45)37-41)33-11-12-34-57)24-22-40-28-32-56-50(36-40)48-18-8-10-20-54(48)59(56)44-15-5-2-6-16-44/h1-10,13-32,35-38H,11-12,33-34H2. The summed E-state index contributed by atoms with van der Waals surface area (Å²) in [6.07, 6.45) is 14.2. The third-order valence-electron chi connectivity index (χ3n) is 13.2. The van der Waals surface area contributed by atoms with Gasteiger partial charge in [0.2, 0.25) is 0 Å². The molecule has 2 aliphatic rings. The average Bonchev–Trinajstić information content (AvgIpc) is 4.06. The molecule has 2 aliphatic carbocycles. The van der Waals surface area contributed by atoms with Gasteiger partial charge in [-0.05, 0) is 118 Å². The summed E-state index contributed by atoms with van der Waals surface area (Å²) in [5, 5.41) is 5.12. The molecule has 2 nitrogen and oxygen atoms in total. The van der Waals surface area contributed by atoms with E-state index in [0.717, 1.165) is 0 Å². The lowest BCUT2D eigenvalue weighted by atomic mass is 9.76. The van der Waals surface area contributed by atoms with E-state index in [0.29, 0.717) is 0 Å². The second-order valence-corrected chi connectivity index (χ2v) is 16.5. The summed E-state index contributed by atoms with van der Waals surface area (Å²) in [6, 6.07) is 67.0. The van der Waals surface area contributed by atoms with Crippen molar-refractivity contribution in [2.75, 3.05) is 0 Å². The van der Waals surface area contributed by atoms with Crippen LogP contribution in [-0.4, -0.2) is 9.13 Å². The number of benzene rings is 8. The summed E-state index contributed by atoms with van der Waals surface area (Å²) in [6.45, 7) is 0. The number of aromatic nitrogens is 2. The number of hydrogen-bond acceptors (Lipinski definition) is 0. The van der Waals surface area contributed by atoms with E-state index >= 15 is 0 Å². The molecule has 0 unspecified atom stereocenters. The van der Waals surface area contributed by atoms with Crippen LogP contribution in [-0.2, 0) is 5.41 Å². The fourth-order valence-corrected chi connectivity index (χ4v) is 10.5. The third kappa shape index (κ3) is 5.40. The van der Waals surface area contributed by atoms with Gasteiger partial charge in [-0.15, -0.1) is 0 Å². The molecule has 1 spiro atoms. The molecule has 280 valence electrons. The molecule has 0 aliphatic heterocycles. The van der Waals surface area contributed by atoms with Crippen LogP contribution < -0.4 is 0 Å². The van der Waals surface area contributed by atoms with Crippen molar-refractivity contribution in [2.24, 2.45) is 0 Å². The molecule has 0 saturated heterocycles. The van der Waals surface area contributed by atoms with Crippen molar-refractivity contribution in [3.05, 3.63) is 215 Å². The van der Waals surface area contributed by atoms with E-state index in [2.05, 4.69) is 215 Å². The summed E-state index contributed by atoms with van der Waals surface area (Å²) >= 11 is 0. The van der Waals surface area contributed by atoms with Gasteiger partial charge < -0.3 is 9.13 Å². The fourth-order valence-electron chi connectivity index (χ4n) is 10.5. The van der Waals surface area contributed by atoms with Crippen LogP contribution in [0.2, 0.25) is 0 Å². The second-order valence-electron chi connectivity index (χ2n) is 16.5. The molecule has 1 saturated carbocycles. The van der Waals surface area contributed by atoms with E-state index in [4.69, 9.17) is 0 Å². The quantitative estimate of drug-likeness (QED) is 0.150. The van der Waals surface area contributed by atoms with Gasteiger partial charge in [0, 0.05) is 38.3 Å². The first-order valence-corrected chi connectivity index (χ1v) is 21.0. The van der Waals surface area contributed by atoms with Gasteiger partial charge in [-0.25, -0.2) is 0 Å². The normalized spacial score (nSPS) is 14.5. The van der Waals surface area contributed by atoms with E-state index in [1.807, 2.05) is 0 Å². The van der Waals surface area contributed by atoms with Gasteiger partial charge in [0.25, 0.3) is 0 Å². The maximum absolute atomic E-state index is 2.49. The van der Waals surface area contributed by atoms with Crippen LogP contribution in [0.3, 0.4) is 0 Å². The van der Waals surface area contributed by atoms with E-state index < -0.39 is 0 Å².